The first-order chi connectivity index (χ1) is 8.66. The summed E-state index contributed by atoms with van der Waals surface area (Å²) in [7, 11) is 0. The highest BCUT2D eigenvalue weighted by molar-refractivity contribution is 7.13. The molecule has 2 N–H and O–H groups in total. The predicted molar refractivity (Wildman–Crippen MR) is 75.7 cm³/mol. The van der Waals surface area contributed by atoms with Gasteiger partial charge in [-0.1, -0.05) is 29.3 Å². The zero-order valence-corrected chi connectivity index (χ0v) is 11.4. The summed E-state index contributed by atoms with van der Waals surface area (Å²) in [5.41, 5.74) is 0.495. The lowest BCUT2D eigenvalue weighted by Crippen LogP contribution is -2.21. The summed E-state index contributed by atoms with van der Waals surface area (Å²) in [5, 5.41) is 8.83. The summed E-state index contributed by atoms with van der Waals surface area (Å²) in [4.78, 5) is 15.7. The number of nitrogens with one attached hydrogen (secondary N) is 2. The van der Waals surface area contributed by atoms with Crippen LogP contribution >= 0.6 is 34.5 Å². The Bertz CT molecular complexity index is 545. The number of rotatable bonds is 4. The first-order valence-corrected chi connectivity index (χ1v) is 6.67. The molecule has 2 aromatic rings. The number of carbonyl (C=O) groups is 1. The van der Waals surface area contributed by atoms with Gasteiger partial charge in [0, 0.05) is 11.6 Å². The number of hydrogen-bond donors (Lipinski definition) is 2. The quantitative estimate of drug-likeness (QED) is 0.909. The summed E-state index contributed by atoms with van der Waals surface area (Å²) < 4.78 is 0. The van der Waals surface area contributed by atoms with Crippen molar-refractivity contribution in [1.82, 2.24) is 4.98 Å². The number of hydrogen-bond acceptors (Lipinski definition) is 4. The van der Waals surface area contributed by atoms with E-state index >= 15 is 0 Å². The van der Waals surface area contributed by atoms with Crippen LogP contribution in [0.15, 0.2) is 29.8 Å². The molecular weight excluding hydrogens is 293 g/mol. The Morgan fingerprint density at radius 2 is 2.22 bits per heavy atom. The summed E-state index contributed by atoms with van der Waals surface area (Å²) in [6.07, 6.45) is 1.67. The Balaban J connectivity index is 1.93. The molecule has 0 fully saturated rings. The van der Waals surface area contributed by atoms with Gasteiger partial charge in [0.1, 0.15) is 0 Å². The van der Waals surface area contributed by atoms with E-state index < -0.39 is 0 Å². The molecule has 0 aliphatic rings. The van der Waals surface area contributed by atoms with Crippen LogP contribution in [0.25, 0.3) is 0 Å². The van der Waals surface area contributed by atoms with Crippen LogP contribution in [0.1, 0.15) is 0 Å². The second-order valence-corrected chi connectivity index (χ2v) is 5.02. The van der Waals surface area contributed by atoms with Gasteiger partial charge in [-0.15, -0.1) is 11.3 Å². The molecule has 0 spiro atoms. The van der Waals surface area contributed by atoms with E-state index in [9.17, 15) is 4.79 Å². The van der Waals surface area contributed by atoms with Gasteiger partial charge in [0.15, 0.2) is 5.13 Å². The first-order valence-electron chi connectivity index (χ1n) is 5.04. The molecular formula is C11H9Cl2N3OS. The van der Waals surface area contributed by atoms with Gasteiger partial charge in [0.2, 0.25) is 5.91 Å². The van der Waals surface area contributed by atoms with E-state index in [1.165, 1.54) is 11.3 Å². The van der Waals surface area contributed by atoms with Crippen molar-refractivity contribution in [3.8, 4) is 0 Å². The molecule has 0 radical (unpaired) electrons. The lowest BCUT2D eigenvalue weighted by molar-refractivity contribution is -0.114. The van der Waals surface area contributed by atoms with Crippen molar-refractivity contribution in [3.05, 3.63) is 39.8 Å². The zero-order chi connectivity index (χ0) is 13.0. The van der Waals surface area contributed by atoms with Crippen LogP contribution in [0, 0.1) is 0 Å². The van der Waals surface area contributed by atoms with Crippen molar-refractivity contribution in [2.24, 2.45) is 0 Å². The van der Waals surface area contributed by atoms with Crippen LogP contribution in [0.4, 0.5) is 10.8 Å². The van der Waals surface area contributed by atoms with Gasteiger partial charge in [-0.25, -0.2) is 4.98 Å². The van der Waals surface area contributed by atoms with Gasteiger partial charge in [0.05, 0.1) is 22.3 Å². The molecule has 0 atom stereocenters. The Labute approximate surface area is 118 Å². The minimum atomic E-state index is -0.214. The number of carbonyl (C=O) groups excluding carboxylic acids is 1. The molecule has 1 aromatic heterocycles. The van der Waals surface area contributed by atoms with E-state index in [1.807, 2.05) is 5.38 Å². The maximum absolute atomic E-state index is 11.7. The molecule has 4 nitrogen and oxygen atoms in total. The van der Waals surface area contributed by atoms with E-state index in [4.69, 9.17) is 23.2 Å². The Kier molecular flexibility index (Phi) is 4.41. The third kappa shape index (κ3) is 3.35. The predicted octanol–water partition coefficient (Wildman–Crippen LogP) is 3.50. The van der Waals surface area contributed by atoms with Crippen LogP contribution in [0.3, 0.4) is 0 Å². The molecule has 0 saturated heterocycles. The fourth-order valence-electron chi connectivity index (χ4n) is 1.26. The number of thiazole rings is 1. The molecule has 94 valence electrons. The molecule has 1 heterocycles. The number of anilines is 2. The van der Waals surface area contributed by atoms with E-state index in [0.29, 0.717) is 20.9 Å². The highest BCUT2D eigenvalue weighted by Gasteiger charge is 2.08. The highest BCUT2D eigenvalue weighted by Crippen LogP contribution is 2.29. The van der Waals surface area contributed by atoms with Gasteiger partial charge >= 0.3 is 0 Å². The first kappa shape index (κ1) is 13.1. The van der Waals surface area contributed by atoms with Crippen LogP contribution in [0.2, 0.25) is 10.0 Å². The van der Waals surface area contributed by atoms with Gasteiger partial charge in [-0.3, -0.25) is 4.79 Å². The van der Waals surface area contributed by atoms with Crippen molar-refractivity contribution in [2.75, 3.05) is 17.2 Å². The van der Waals surface area contributed by atoms with E-state index in [-0.39, 0.29) is 12.5 Å². The molecule has 1 amide bonds. The van der Waals surface area contributed by atoms with Crippen LogP contribution in [-0.2, 0) is 4.79 Å². The SMILES string of the molecule is O=C(CNc1nccs1)Nc1cccc(Cl)c1Cl. The molecule has 1 aromatic carbocycles. The Morgan fingerprint density at radius 1 is 1.39 bits per heavy atom. The normalized spacial score (nSPS) is 10.1. The maximum atomic E-state index is 11.7. The zero-order valence-electron chi connectivity index (χ0n) is 9.11. The summed E-state index contributed by atoms with van der Waals surface area (Å²) in [5.74, 6) is -0.214. The Morgan fingerprint density at radius 3 is 2.94 bits per heavy atom. The average Bonchev–Trinajstić information content (AvgIpc) is 2.86. The van der Waals surface area contributed by atoms with Gasteiger partial charge in [0.25, 0.3) is 0 Å². The van der Waals surface area contributed by atoms with Gasteiger partial charge in [-0.05, 0) is 12.1 Å². The molecule has 0 aliphatic heterocycles. The van der Waals surface area contributed by atoms with Crippen molar-refractivity contribution < 1.29 is 4.79 Å². The standard InChI is InChI=1S/C11H9Cl2N3OS/c12-7-2-1-3-8(10(7)13)16-9(17)6-15-11-14-4-5-18-11/h1-5H,6H2,(H,14,15)(H,16,17). The largest absolute Gasteiger partial charge is 0.352 e. The highest BCUT2D eigenvalue weighted by atomic mass is 35.5. The van der Waals surface area contributed by atoms with E-state index in [2.05, 4.69) is 15.6 Å². The fraction of sp³-hybridized carbons (Fsp3) is 0.0909. The average molecular weight is 302 g/mol. The fourth-order valence-corrected chi connectivity index (χ4v) is 2.14. The number of benzene rings is 1. The molecule has 2 rings (SSSR count). The lowest BCUT2D eigenvalue weighted by Gasteiger charge is -2.08. The molecule has 7 heteroatoms. The minimum absolute atomic E-state index is 0.121. The summed E-state index contributed by atoms with van der Waals surface area (Å²) in [6, 6.07) is 5.07. The molecule has 0 bridgehead atoms. The topological polar surface area (TPSA) is 54.0 Å². The number of halogens is 2. The van der Waals surface area contributed by atoms with Gasteiger partial charge in [-0.2, -0.15) is 0 Å². The molecule has 0 unspecified atom stereocenters. The number of aromatic nitrogens is 1. The van der Waals surface area contributed by atoms with Crippen molar-refractivity contribution in [3.63, 3.8) is 0 Å². The Hall–Kier alpha value is -1.30. The smallest absolute Gasteiger partial charge is 0.243 e. The maximum Gasteiger partial charge on any atom is 0.243 e. The minimum Gasteiger partial charge on any atom is -0.352 e. The number of nitrogens with zero attached hydrogens (tertiary/aromatic N) is 1. The second-order valence-electron chi connectivity index (χ2n) is 3.34. The van der Waals surface area contributed by atoms with Crippen LogP contribution in [-0.4, -0.2) is 17.4 Å². The summed E-state index contributed by atoms with van der Waals surface area (Å²) >= 11 is 13.2. The number of amides is 1. The third-order valence-corrected chi connectivity index (χ3v) is 3.61. The molecule has 0 saturated carbocycles. The van der Waals surface area contributed by atoms with Crippen molar-refractivity contribution in [2.45, 2.75) is 0 Å². The van der Waals surface area contributed by atoms with Gasteiger partial charge < -0.3 is 10.6 Å². The summed E-state index contributed by atoms with van der Waals surface area (Å²) in [6.45, 7) is 0.121. The van der Waals surface area contributed by atoms with E-state index in [0.717, 1.165) is 0 Å². The monoisotopic (exact) mass is 301 g/mol. The van der Waals surface area contributed by atoms with Crippen LogP contribution < -0.4 is 10.6 Å². The van der Waals surface area contributed by atoms with Crippen molar-refractivity contribution >= 4 is 51.3 Å². The molecule has 0 aliphatic carbocycles. The lowest BCUT2D eigenvalue weighted by atomic mass is 10.3. The molecule has 18 heavy (non-hydrogen) atoms. The third-order valence-electron chi connectivity index (χ3n) is 2.06. The second kappa shape index (κ2) is 6.04. The van der Waals surface area contributed by atoms with Crippen LogP contribution in [0.5, 0.6) is 0 Å². The van der Waals surface area contributed by atoms with E-state index in [1.54, 1.807) is 24.4 Å². The van der Waals surface area contributed by atoms with Crippen molar-refractivity contribution in [1.29, 1.82) is 0 Å².